The highest BCUT2D eigenvalue weighted by Gasteiger charge is 2.10. The molecule has 0 spiro atoms. The predicted octanol–water partition coefficient (Wildman–Crippen LogP) is 2.85. The van der Waals surface area contributed by atoms with E-state index >= 15 is 0 Å². The number of hydrogen-bond acceptors (Lipinski definition) is 6. The Bertz CT molecular complexity index is 1060. The summed E-state index contributed by atoms with van der Waals surface area (Å²) in [5.41, 5.74) is 6.76. The van der Waals surface area contributed by atoms with Crippen molar-refractivity contribution in [2.75, 3.05) is 11.9 Å². The molecule has 0 saturated heterocycles. The molecule has 0 radical (unpaired) electrons. The molecule has 2 aromatic carbocycles. The number of nitrogens with one attached hydrogen (secondary N) is 1. The number of rotatable bonds is 4. The van der Waals surface area contributed by atoms with E-state index in [1.165, 1.54) is 18.2 Å². The first-order valence-corrected chi connectivity index (χ1v) is 7.83. The second kappa shape index (κ2) is 7.20. The van der Waals surface area contributed by atoms with Gasteiger partial charge < -0.3 is 14.9 Å². The van der Waals surface area contributed by atoms with Crippen molar-refractivity contribution >= 4 is 28.5 Å². The number of benzene rings is 2. The van der Waals surface area contributed by atoms with Gasteiger partial charge in [-0.2, -0.15) is 0 Å². The van der Waals surface area contributed by atoms with Crippen LogP contribution < -0.4 is 21.4 Å². The molecule has 0 aliphatic rings. The number of Topliss-reactive ketones (excluding diaryl/α,β-unsaturated/α-hetero) is 1. The molecule has 3 N–H and O–H groups in total. The van der Waals surface area contributed by atoms with Crippen LogP contribution in [0.25, 0.3) is 11.0 Å². The highest BCUT2D eigenvalue weighted by Crippen LogP contribution is 2.22. The molecule has 3 aromatic rings. The molecule has 0 bridgehead atoms. The Morgan fingerprint density at radius 1 is 1.15 bits per heavy atom. The molecule has 0 saturated carbocycles. The fourth-order valence-corrected chi connectivity index (χ4v) is 2.51. The summed E-state index contributed by atoms with van der Waals surface area (Å²) in [6.45, 7) is 1.68. The third-order valence-electron chi connectivity index (χ3n) is 3.75. The van der Waals surface area contributed by atoms with Crippen LogP contribution in [0.3, 0.4) is 0 Å². The van der Waals surface area contributed by atoms with Gasteiger partial charge in [0.2, 0.25) is 0 Å². The zero-order chi connectivity index (χ0) is 18.7. The molecular weight excluding hydrogens is 336 g/mol. The number of anilines is 1. The zero-order valence-electron chi connectivity index (χ0n) is 13.9. The van der Waals surface area contributed by atoms with Crippen LogP contribution >= 0.6 is 0 Å². The van der Waals surface area contributed by atoms with Gasteiger partial charge in [0.15, 0.2) is 5.78 Å². The van der Waals surface area contributed by atoms with Gasteiger partial charge in [-0.15, -0.1) is 0 Å². The highest BCUT2D eigenvalue weighted by molar-refractivity contribution is 5.99. The van der Waals surface area contributed by atoms with E-state index in [4.69, 9.17) is 14.9 Å². The van der Waals surface area contributed by atoms with E-state index in [1.54, 1.807) is 37.3 Å². The summed E-state index contributed by atoms with van der Waals surface area (Å²) in [4.78, 5) is 35.2. The molecule has 0 aliphatic carbocycles. The van der Waals surface area contributed by atoms with Crippen LogP contribution in [0.5, 0.6) is 5.75 Å². The Balaban J connectivity index is 1.77. The molecule has 132 valence electrons. The van der Waals surface area contributed by atoms with Crippen molar-refractivity contribution in [2.45, 2.75) is 6.92 Å². The minimum atomic E-state index is -0.739. The van der Waals surface area contributed by atoms with E-state index in [0.717, 1.165) is 10.9 Å². The number of hydrogen-bond donors (Lipinski definition) is 2. The second-order valence-electron chi connectivity index (χ2n) is 5.63. The number of fused-ring (bicyclic) bond motifs is 1. The minimum absolute atomic E-state index is 0.115. The quantitative estimate of drug-likeness (QED) is 0.552. The maximum Gasteiger partial charge on any atom is 0.417 e. The van der Waals surface area contributed by atoms with Crippen molar-refractivity contribution in [3.63, 3.8) is 0 Å². The highest BCUT2D eigenvalue weighted by atomic mass is 16.6. The summed E-state index contributed by atoms with van der Waals surface area (Å²) in [7, 11) is 0. The van der Waals surface area contributed by atoms with E-state index < -0.39 is 11.7 Å². The van der Waals surface area contributed by atoms with Crippen LogP contribution in [0, 0.1) is 6.92 Å². The lowest BCUT2D eigenvalue weighted by Gasteiger charge is -2.08. The lowest BCUT2D eigenvalue weighted by atomic mass is 10.1. The first-order valence-electron chi connectivity index (χ1n) is 7.83. The Morgan fingerprint density at radius 3 is 2.73 bits per heavy atom. The van der Waals surface area contributed by atoms with E-state index in [9.17, 15) is 14.4 Å². The molecule has 0 atom stereocenters. The number of nitrogens with two attached hydrogens (primary N) is 1. The van der Waals surface area contributed by atoms with Gasteiger partial charge in [-0.3, -0.25) is 10.1 Å². The first-order chi connectivity index (χ1) is 12.5. The summed E-state index contributed by atoms with van der Waals surface area (Å²) in [6.07, 6.45) is -0.739. The maximum absolute atomic E-state index is 12.1. The standard InChI is InChI=1S/C19H16N2O5/c1-11-7-18(23)26-17-9-14(5-6-15(11)17)25-19(24)21-13-4-2-3-12(8-13)16(22)10-20/h2-9H,10,20H2,1H3,(H,21,24). The van der Waals surface area contributed by atoms with Crippen molar-refractivity contribution < 1.29 is 18.7 Å². The summed E-state index contributed by atoms with van der Waals surface area (Å²) in [6, 6.07) is 12.5. The lowest BCUT2D eigenvalue weighted by Crippen LogP contribution is -2.18. The van der Waals surface area contributed by atoms with E-state index in [1.807, 2.05) is 0 Å². The molecule has 1 heterocycles. The Hall–Kier alpha value is -3.45. The van der Waals surface area contributed by atoms with Gasteiger partial charge in [-0.1, -0.05) is 12.1 Å². The maximum atomic E-state index is 12.1. The second-order valence-corrected chi connectivity index (χ2v) is 5.63. The van der Waals surface area contributed by atoms with E-state index in [2.05, 4.69) is 5.32 Å². The van der Waals surface area contributed by atoms with Gasteiger partial charge in [0.1, 0.15) is 11.3 Å². The lowest BCUT2D eigenvalue weighted by molar-refractivity contribution is 0.100. The van der Waals surface area contributed by atoms with Gasteiger partial charge in [-0.25, -0.2) is 9.59 Å². The molecule has 7 heteroatoms. The molecule has 0 fully saturated rings. The number of ketones is 1. The van der Waals surface area contributed by atoms with Crippen molar-refractivity contribution in [2.24, 2.45) is 5.73 Å². The molecular formula is C19H16N2O5. The van der Waals surface area contributed by atoms with Gasteiger partial charge >= 0.3 is 11.7 Å². The molecule has 1 aromatic heterocycles. The predicted molar refractivity (Wildman–Crippen MR) is 96.7 cm³/mol. The van der Waals surface area contributed by atoms with E-state index in [-0.39, 0.29) is 18.1 Å². The Morgan fingerprint density at radius 2 is 1.96 bits per heavy atom. The molecule has 7 nitrogen and oxygen atoms in total. The number of ether oxygens (including phenoxy) is 1. The van der Waals surface area contributed by atoms with Crippen LogP contribution in [0.4, 0.5) is 10.5 Å². The Labute approximate surface area is 148 Å². The third-order valence-corrected chi connectivity index (χ3v) is 3.75. The molecule has 0 unspecified atom stereocenters. The SMILES string of the molecule is Cc1cc(=O)oc2cc(OC(=O)Nc3cccc(C(=O)CN)c3)ccc12. The number of carbonyl (C=O) groups excluding carboxylic acids is 2. The van der Waals surface area contributed by atoms with Crippen molar-refractivity contribution in [1.29, 1.82) is 0 Å². The number of carbonyl (C=O) groups is 2. The summed E-state index contributed by atoms with van der Waals surface area (Å²) < 4.78 is 10.3. The largest absolute Gasteiger partial charge is 0.423 e. The fraction of sp³-hybridized carbons (Fsp3) is 0.105. The average Bonchev–Trinajstić information content (AvgIpc) is 2.60. The monoisotopic (exact) mass is 352 g/mol. The van der Waals surface area contributed by atoms with Crippen LogP contribution in [0.1, 0.15) is 15.9 Å². The third kappa shape index (κ3) is 3.79. The van der Waals surface area contributed by atoms with Gasteiger partial charge in [-0.05, 0) is 36.8 Å². The summed E-state index contributed by atoms with van der Waals surface area (Å²) in [5.74, 6) is -0.0140. The van der Waals surface area contributed by atoms with Crippen molar-refractivity contribution in [3.05, 3.63) is 70.1 Å². The van der Waals surface area contributed by atoms with Gasteiger partial charge in [0.05, 0.1) is 6.54 Å². The average molecular weight is 352 g/mol. The fourth-order valence-electron chi connectivity index (χ4n) is 2.51. The molecule has 1 amide bonds. The summed E-state index contributed by atoms with van der Waals surface area (Å²) in [5, 5.41) is 3.29. The number of amides is 1. The van der Waals surface area contributed by atoms with E-state index in [0.29, 0.717) is 16.8 Å². The topological polar surface area (TPSA) is 112 Å². The van der Waals surface area contributed by atoms with Crippen LogP contribution in [0.2, 0.25) is 0 Å². The summed E-state index contributed by atoms with van der Waals surface area (Å²) >= 11 is 0. The van der Waals surface area contributed by atoms with Crippen LogP contribution in [-0.4, -0.2) is 18.4 Å². The Kier molecular flexibility index (Phi) is 4.81. The minimum Gasteiger partial charge on any atom is -0.423 e. The van der Waals surface area contributed by atoms with Crippen molar-refractivity contribution in [3.8, 4) is 5.75 Å². The smallest absolute Gasteiger partial charge is 0.417 e. The molecule has 0 aliphatic heterocycles. The van der Waals surface area contributed by atoms with Crippen LogP contribution in [-0.2, 0) is 0 Å². The van der Waals surface area contributed by atoms with Crippen LogP contribution in [0.15, 0.2) is 57.7 Å². The van der Waals surface area contributed by atoms with Gasteiger partial charge in [0, 0.05) is 28.8 Å². The zero-order valence-corrected chi connectivity index (χ0v) is 13.9. The molecule has 26 heavy (non-hydrogen) atoms. The normalized spacial score (nSPS) is 10.5. The molecule has 3 rings (SSSR count). The van der Waals surface area contributed by atoms with Gasteiger partial charge in [0.25, 0.3) is 0 Å². The van der Waals surface area contributed by atoms with Crippen molar-refractivity contribution in [1.82, 2.24) is 0 Å². The first kappa shape index (κ1) is 17.4. The number of aryl methyl sites for hydroxylation is 1.